The van der Waals surface area contributed by atoms with Gasteiger partial charge >= 0.3 is 0 Å². The van der Waals surface area contributed by atoms with Crippen LogP contribution >= 0.6 is 0 Å². The van der Waals surface area contributed by atoms with Crippen molar-refractivity contribution in [2.24, 2.45) is 5.14 Å². The lowest BCUT2D eigenvalue weighted by atomic mass is 10.1. The number of sulfonamides is 1. The Hall–Kier alpha value is -2.45. The van der Waals surface area contributed by atoms with Crippen molar-refractivity contribution in [2.75, 3.05) is 7.11 Å². The normalized spacial score (nSPS) is 12.0. The molecule has 1 aromatic carbocycles. The second kappa shape index (κ2) is 4.79. The van der Waals surface area contributed by atoms with Crippen molar-refractivity contribution in [1.82, 2.24) is 9.71 Å². The van der Waals surface area contributed by atoms with E-state index in [9.17, 15) is 13.2 Å². The highest BCUT2D eigenvalue weighted by Crippen LogP contribution is 2.23. The van der Waals surface area contributed by atoms with Gasteiger partial charge in [-0.2, -0.15) is 4.73 Å². The smallest absolute Gasteiger partial charge is 0.292 e. The summed E-state index contributed by atoms with van der Waals surface area (Å²) in [6, 6.07) is 7.09. The number of primary sulfonamides is 1. The van der Waals surface area contributed by atoms with E-state index in [0.717, 1.165) is 21.9 Å². The van der Waals surface area contributed by atoms with Gasteiger partial charge in [-0.25, -0.2) is 18.5 Å². The number of benzene rings is 1. The van der Waals surface area contributed by atoms with Crippen LogP contribution in [-0.4, -0.2) is 25.2 Å². The van der Waals surface area contributed by atoms with Crippen LogP contribution in [0.15, 0.2) is 40.2 Å². The predicted molar refractivity (Wildman–Crippen MR) is 82.1 cm³/mol. The molecule has 114 valence electrons. The van der Waals surface area contributed by atoms with E-state index >= 15 is 0 Å². The topological polar surface area (TPSA) is 104 Å². The molecular weight excluding hydrogens is 306 g/mol. The van der Waals surface area contributed by atoms with Gasteiger partial charge < -0.3 is 4.84 Å². The first kappa shape index (κ1) is 14.5. The molecule has 0 saturated carbocycles. The van der Waals surface area contributed by atoms with E-state index in [1.807, 2.05) is 19.1 Å². The lowest BCUT2D eigenvalue weighted by molar-refractivity contribution is 0.156. The summed E-state index contributed by atoms with van der Waals surface area (Å²) in [7, 11) is -2.80. The van der Waals surface area contributed by atoms with Crippen molar-refractivity contribution >= 4 is 31.8 Å². The predicted octanol–water partition coefficient (Wildman–Crippen LogP) is 0.564. The summed E-state index contributed by atoms with van der Waals surface area (Å²) >= 11 is 0. The van der Waals surface area contributed by atoms with Crippen LogP contribution in [0.25, 0.3) is 21.8 Å². The molecule has 2 aromatic heterocycles. The highest BCUT2D eigenvalue weighted by molar-refractivity contribution is 7.89. The van der Waals surface area contributed by atoms with Crippen LogP contribution in [0.3, 0.4) is 0 Å². The Kier molecular flexibility index (Phi) is 3.15. The van der Waals surface area contributed by atoms with Gasteiger partial charge in [-0.1, -0.05) is 18.2 Å². The van der Waals surface area contributed by atoms with Gasteiger partial charge in [-0.05, 0) is 18.6 Å². The zero-order chi connectivity index (χ0) is 16.1. The van der Waals surface area contributed by atoms with E-state index in [-0.39, 0.29) is 15.8 Å². The molecule has 0 bridgehead atoms. The molecule has 0 radical (unpaired) electrons. The van der Waals surface area contributed by atoms with Gasteiger partial charge in [0, 0.05) is 5.39 Å². The maximum absolute atomic E-state index is 12.3. The van der Waals surface area contributed by atoms with Crippen molar-refractivity contribution in [3.05, 3.63) is 46.4 Å². The Morgan fingerprint density at radius 1 is 1.27 bits per heavy atom. The van der Waals surface area contributed by atoms with Crippen LogP contribution in [0.5, 0.6) is 0 Å². The maximum Gasteiger partial charge on any atom is 0.292 e. The number of nitrogens with zero attached hydrogens (tertiary/aromatic N) is 2. The molecule has 7 nitrogen and oxygen atoms in total. The van der Waals surface area contributed by atoms with Crippen molar-refractivity contribution in [3.63, 3.8) is 0 Å². The molecule has 8 heteroatoms. The van der Waals surface area contributed by atoms with Crippen LogP contribution in [0.1, 0.15) is 5.56 Å². The first-order valence-corrected chi connectivity index (χ1v) is 7.90. The summed E-state index contributed by atoms with van der Waals surface area (Å²) in [6.45, 7) is 1.86. The molecule has 2 N–H and O–H groups in total. The second-order valence-corrected chi connectivity index (χ2v) is 6.41. The third-order valence-electron chi connectivity index (χ3n) is 3.45. The molecule has 0 unspecified atom stereocenters. The Morgan fingerprint density at radius 3 is 2.64 bits per heavy atom. The van der Waals surface area contributed by atoms with Gasteiger partial charge in [0.25, 0.3) is 5.56 Å². The lowest BCUT2D eigenvalue weighted by Gasteiger charge is -2.10. The van der Waals surface area contributed by atoms with Crippen LogP contribution in [0.4, 0.5) is 0 Å². The summed E-state index contributed by atoms with van der Waals surface area (Å²) in [5.74, 6) is 0. The summed E-state index contributed by atoms with van der Waals surface area (Å²) in [6.07, 6.45) is 1.04. The average molecular weight is 319 g/mol. The fourth-order valence-electron chi connectivity index (χ4n) is 2.39. The number of hydrogen-bond donors (Lipinski definition) is 1. The SMILES string of the molecule is COn1cc(S(N)(=O)=O)c2nc3c(C)cccc3cc2c1=O. The fraction of sp³-hybridized carbons (Fsp3) is 0.143. The van der Waals surface area contributed by atoms with Crippen LogP contribution in [-0.2, 0) is 10.0 Å². The lowest BCUT2D eigenvalue weighted by Crippen LogP contribution is -2.27. The first-order chi connectivity index (χ1) is 10.3. The number of para-hydroxylation sites is 1. The zero-order valence-corrected chi connectivity index (χ0v) is 12.7. The van der Waals surface area contributed by atoms with E-state index in [0.29, 0.717) is 5.52 Å². The monoisotopic (exact) mass is 319 g/mol. The summed E-state index contributed by atoms with van der Waals surface area (Å²) in [4.78, 5) is 21.3. The standard InChI is InChI=1S/C14H13N3O4S/c1-8-4-3-5-9-6-10-13(16-12(8)9)11(22(15,19)20)7-17(21-2)14(10)18/h3-7H,1-2H3,(H2,15,19,20). The summed E-state index contributed by atoms with van der Waals surface area (Å²) in [5.41, 5.74) is 1.04. The Labute approximate surface area is 126 Å². The van der Waals surface area contributed by atoms with Gasteiger partial charge in [0.1, 0.15) is 12.0 Å². The molecule has 0 aliphatic heterocycles. The van der Waals surface area contributed by atoms with Gasteiger partial charge in [0.2, 0.25) is 10.0 Å². The molecule has 3 rings (SSSR count). The van der Waals surface area contributed by atoms with Crippen molar-refractivity contribution < 1.29 is 13.3 Å². The van der Waals surface area contributed by atoms with E-state index in [1.54, 1.807) is 12.1 Å². The molecule has 0 amide bonds. The summed E-state index contributed by atoms with van der Waals surface area (Å²) in [5, 5.41) is 6.11. The van der Waals surface area contributed by atoms with E-state index in [4.69, 9.17) is 9.98 Å². The van der Waals surface area contributed by atoms with Crippen molar-refractivity contribution in [3.8, 4) is 0 Å². The minimum absolute atomic E-state index is 0.0441. The number of aromatic nitrogens is 2. The van der Waals surface area contributed by atoms with Crippen molar-refractivity contribution in [1.29, 1.82) is 0 Å². The third-order valence-corrected chi connectivity index (χ3v) is 4.36. The highest BCUT2D eigenvalue weighted by atomic mass is 32.2. The molecule has 0 aliphatic carbocycles. The van der Waals surface area contributed by atoms with E-state index in [1.165, 1.54) is 7.11 Å². The molecule has 0 atom stereocenters. The Balaban J connectivity index is 2.62. The van der Waals surface area contributed by atoms with Gasteiger partial charge in [-0.3, -0.25) is 4.79 Å². The largest absolute Gasteiger partial charge is 0.414 e. The van der Waals surface area contributed by atoms with E-state index in [2.05, 4.69) is 4.98 Å². The molecule has 2 heterocycles. The maximum atomic E-state index is 12.3. The fourth-order valence-corrected chi connectivity index (χ4v) is 3.05. The van der Waals surface area contributed by atoms with Crippen LogP contribution in [0.2, 0.25) is 0 Å². The molecule has 3 aromatic rings. The minimum atomic E-state index is -4.06. The Morgan fingerprint density at radius 2 is 2.00 bits per heavy atom. The van der Waals surface area contributed by atoms with Gasteiger partial charge in [0.05, 0.1) is 22.6 Å². The van der Waals surface area contributed by atoms with Gasteiger partial charge in [0.15, 0.2) is 0 Å². The zero-order valence-electron chi connectivity index (χ0n) is 11.9. The molecular formula is C14H13N3O4S. The molecule has 0 saturated heterocycles. The number of fused-ring (bicyclic) bond motifs is 2. The second-order valence-electron chi connectivity index (χ2n) is 4.88. The number of nitrogens with two attached hydrogens (primary N) is 1. The molecule has 0 spiro atoms. The quantitative estimate of drug-likeness (QED) is 0.695. The Bertz CT molecular complexity index is 1070. The number of aryl methyl sites for hydroxylation is 1. The number of hydrogen-bond acceptors (Lipinski definition) is 5. The van der Waals surface area contributed by atoms with Crippen molar-refractivity contribution in [2.45, 2.75) is 11.8 Å². The summed E-state index contributed by atoms with van der Waals surface area (Å²) < 4.78 is 24.5. The number of pyridine rings is 2. The molecule has 22 heavy (non-hydrogen) atoms. The van der Waals surface area contributed by atoms with Gasteiger partial charge in [-0.15, -0.1) is 0 Å². The molecule has 0 fully saturated rings. The minimum Gasteiger partial charge on any atom is -0.414 e. The average Bonchev–Trinajstić information content (AvgIpc) is 2.46. The third kappa shape index (κ3) is 2.13. The molecule has 0 aliphatic rings. The van der Waals surface area contributed by atoms with E-state index < -0.39 is 15.6 Å². The highest BCUT2D eigenvalue weighted by Gasteiger charge is 2.19. The first-order valence-electron chi connectivity index (χ1n) is 6.36. The van der Waals surface area contributed by atoms with Crippen LogP contribution in [0, 0.1) is 6.92 Å². The number of rotatable bonds is 2. The van der Waals surface area contributed by atoms with Crippen LogP contribution < -0.4 is 15.5 Å².